The van der Waals surface area contributed by atoms with Crippen molar-refractivity contribution in [3.8, 4) is 5.82 Å². The number of benzene rings is 2. The fourth-order valence-electron chi connectivity index (χ4n) is 16.4. The second-order valence-corrected chi connectivity index (χ2v) is 24.0. The fraction of sp³-hybridized carbons (Fsp3) is 0.607. The first kappa shape index (κ1) is 60.4. The number of nitrogens with one attached hydrogen (secondary N) is 1. The van der Waals surface area contributed by atoms with Crippen molar-refractivity contribution < 1.29 is 31.0 Å². The van der Waals surface area contributed by atoms with Gasteiger partial charge in [0.2, 0.25) is 5.82 Å². The Bertz CT molecular complexity index is 3250. The summed E-state index contributed by atoms with van der Waals surface area (Å²) >= 11 is 6.28. The number of anilines is 2. The van der Waals surface area contributed by atoms with E-state index in [1.54, 1.807) is 0 Å². The van der Waals surface area contributed by atoms with Gasteiger partial charge in [0.1, 0.15) is 11.6 Å². The van der Waals surface area contributed by atoms with Crippen LogP contribution in [0.15, 0.2) is 92.2 Å². The van der Waals surface area contributed by atoms with Crippen molar-refractivity contribution in [1.29, 1.82) is 0 Å². The second-order valence-electron chi connectivity index (χ2n) is 23.7. The minimum atomic E-state index is -0.582. The zero-order valence-corrected chi connectivity index (χ0v) is 46.9. The number of piperidine rings is 4. The van der Waals surface area contributed by atoms with Gasteiger partial charge in [-0.3, -0.25) is 24.4 Å². The number of nitrogens with two attached hydrogens (primary N) is 2. The molecule has 4 aromatic heterocycles. The number of H-pyrrole nitrogens is 1. The smallest absolute Gasteiger partial charge is 1.00 e. The molecule has 8 aliphatic rings. The third-order valence-corrected chi connectivity index (χ3v) is 19.3. The maximum atomic E-state index is 14.0. The van der Waals surface area contributed by atoms with E-state index in [2.05, 4.69) is 34.7 Å². The molecule has 8 fully saturated rings. The Morgan fingerprint density at radius 3 is 1.39 bits per heavy atom. The Morgan fingerprint density at radius 2 is 0.949 bits per heavy atom. The van der Waals surface area contributed by atoms with Crippen molar-refractivity contribution in [3.05, 3.63) is 120 Å². The number of para-hydroxylation sites is 4. The van der Waals surface area contributed by atoms with Gasteiger partial charge >= 0.3 is 40.9 Å². The number of rotatable bonds is 5. The summed E-state index contributed by atoms with van der Waals surface area (Å²) in [5, 5.41) is 0.112. The number of nitrogen functional groups attached to an aromatic ring is 2. The molecule has 422 valence electrons. The van der Waals surface area contributed by atoms with Crippen LogP contribution in [0.5, 0.6) is 0 Å². The third-order valence-electron chi connectivity index (χ3n) is 19.1. The average Bonchev–Trinajstić information content (AvgIpc) is 3.60. The number of fused-ring (bicyclic) bond motifs is 10. The van der Waals surface area contributed by atoms with Gasteiger partial charge < -0.3 is 22.0 Å². The molecule has 4 saturated carbocycles. The zero-order chi connectivity index (χ0) is 51.3. The first-order valence-electron chi connectivity index (χ1n) is 28.4. The topological polar surface area (TPSA) is 209 Å². The van der Waals surface area contributed by atoms with Gasteiger partial charge in [-0.05, 0) is 150 Å². The molecular formula is C61H86ClN12NaO4. The normalized spacial score (nSPS) is 29.8. The van der Waals surface area contributed by atoms with Crippen LogP contribution in [0, 0.1) is 23.7 Å². The monoisotopic (exact) mass is 1110 g/mol. The molecule has 14 rings (SSSR count). The Morgan fingerprint density at radius 1 is 0.506 bits per heavy atom. The first-order valence-corrected chi connectivity index (χ1v) is 28.8. The molecule has 6 aromatic rings. The summed E-state index contributed by atoms with van der Waals surface area (Å²) in [4.78, 5) is 74.3. The van der Waals surface area contributed by atoms with Crippen LogP contribution >= 0.6 is 11.6 Å². The van der Waals surface area contributed by atoms with E-state index >= 15 is 0 Å². The summed E-state index contributed by atoms with van der Waals surface area (Å²) in [6, 6.07) is 22.9. The van der Waals surface area contributed by atoms with Crippen LogP contribution in [-0.4, -0.2) is 84.7 Å². The van der Waals surface area contributed by atoms with E-state index in [0.717, 1.165) is 71.9 Å². The number of nitrogens with zero attached hydrogens (tertiary/aromatic N) is 9. The molecule has 12 atom stereocenters. The van der Waals surface area contributed by atoms with Crippen molar-refractivity contribution in [2.75, 3.05) is 11.5 Å². The van der Waals surface area contributed by atoms with E-state index in [1.807, 2.05) is 57.7 Å². The standard InChI is InChI=1S/C29H36N6O2.C25H32ClN3O.C4H5N3O.3CH4.Na.H/c30-26-11-12-33(29(37)32-26)27-28(36)35(25-10-2-1-9-24(25)31-27)23-16-20-7-4-8-21(17-23)34(20)22-14-18-5-3-6-19(13-18)15-22;26-24-25(30)29(23-10-2-1-9-22(23)27-24)21-14-18-7-4-8-19(15-21)28(18)20-12-16-5-3-6-17(11-16)13-20;5-3-1-2-6-4(8)7-3;;;;;/h1-2,9-12,18-23H,3-8,13-17H2,(H2,30,32,37);1-2,9-10,16-21H,3-8,11-15H2;1-2H,(H3,5,6,7,8);3*1H4;;/q;;;;;;+1;-1/t18-,19+,20-,21+,22?,23?;16-,17+,18-,19+,20?,21?;;;;;;. The predicted octanol–water partition coefficient (Wildman–Crippen LogP) is 8.01. The maximum Gasteiger partial charge on any atom is 1.00 e. The van der Waals surface area contributed by atoms with Crippen LogP contribution < -0.4 is 63.5 Å². The van der Waals surface area contributed by atoms with Crippen molar-refractivity contribution >= 4 is 45.3 Å². The molecule has 0 radical (unpaired) electrons. The van der Waals surface area contributed by atoms with Crippen molar-refractivity contribution in [1.82, 2.24) is 48.4 Å². The predicted molar refractivity (Wildman–Crippen MR) is 315 cm³/mol. The third kappa shape index (κ3) is 12.5. The molecule has 0 amide bonds. The Labute approximate surface area is 494 Å². The van der Waals surface area contributed by atoms with E-state index in [1.165, 1.54) is 145 Å². The molecule has 16 nitrogen and oxygen atoms in total. The van der Waals surface area contributed by atoms with Crippen molar-refractivity contribution in [2.24, 2.45) is 23.7 Å². The van der Waals surface area contributed by atoms with Crippen LogP contribution in [0.25, 0.3) is 27.9 Å². The van der Waals surface area contributed by atoms with Crippen LogP contribution in [0.2, 0.25) is 5.15 Å². The molecule has 4 aliphatic heterocycles. The van der Waals surface area contributed by atoms with Crippen LogP contribution in [-0.2, 0) is 0 Å². The van der Waals surface area contributed by atoms with Gasteiger partial charge in [0, 0.05) is 60.7 Å². The average molecular weight is 1110 g/mol. The zero-order valence-electron chi connectivity index (χ0n) is 45.1. The van der Waals surface area contributed by atoms with Gasteiger partial charge in [0.25, 0.3) is 11.1 Å². The quantitative estimate of drug-likeness (QED) is 0.140. The van der Waals surface area contributed by atoms with Crippen LogP contribution in [0.3, 0.4) is 0 Å². The second kappa shape index (κ2) is 26.0. The maximum absolute atomic E-state index is 14.0. The van der Waals surface area contributed by atoms with Gasteiger partial charge in [-0.25, -0.2) is 29.1 Å². The Hall–Kier alpha value is -4.71. The molecule has 8 heterocycles. The van der Waals surface area contributed by atoms with E-state index in [4.69, 9.17) is 23.1 Å². The molecule has 0 spiro atoms. The first-order chi connectivity index (χ1) is 36.5. The molecule has 4 aliphatic carbocycles. The summed E-state index contributed by atoms with van der Waals surface area (Å²) in [5.41, 5.74) is 12.9. The molecule has 2 aromatic carbocycles. The van der Waals surface area contributed by atoms with E-state index in [9.17, 15) is 19.2 Å². The number of hydrogen-bond acceptors (Lipinski definition) is 12. The Kier molecular flexibility index (Phi) is 19.9. The van der Waals surface area contributed by atoms with E-state index < -0.39 is 11.4 Å². The minimum Gasteiger partial charge on any atom is -1.00 e. The van der Waals surface area contributed by atoms with Crippen LogP contribution in [0.1, 0.15) is 177 Å². The van der Waals surface area contributed by atoms with Gasteiger partial charge in [-0.2, -0.15) is 4.98 Å². The molecule has 4 unspecified atom stereocenters. The minimum absolute atomic E-state index is 0. The van der Waals surface area contributed by atoms with Gasteiger partial charge in [0.05, 0.1) is 22.1 Å². The molecule has 18 heteroatoms. The van der Waals surface area contributed by atoms with Gasteiger partial charge in [0.15, 0.2) is 5.15 Å². The summed E-state index contributed by atoms with van der Waals surface area (Å²) in [6.07, 6.45) is 31.7. The SMILES string of the molecule is C.C.C.Nc1ccn(-c2nc3ccccc3n(C3C[C@H]4CCC[C@@H](C3)N4C3C[C@H]4CCC[C@@H](C3)C4)c2=O)c(=O)n1.Nc1ccnc(=O)[nH]1.O=c1c(Cl)nc2ccccc2n1C1C[C@H]2CCC[C@@H](C1)N2C1C[C@H]2CCC[C@@H](C1)C2.[H-].[Na+]. The molecule has 79 heavy (non-hydrogen) atoms. The number of aromatic amines is 1. The number of hydrogen-bond donors (Lipinski definition) is 3. The largest absolute Gasteiger partial charge is 1.00 e. The van der Waals surface area contributed by atoms with E-state index in [-0.39, 0.29) is 93.3 Å². The molecule has 5 N–H and O–H groups in total. The van der Waals surface area contributed by atoms with E-state index in [0.29, 0.717) is 41.5 Å². The molecule has 4 saturated heterocycles. The molecule has 8 bridgehead atoms. The number of aromatic nitrogens is 8. The van der Waals surface area contributed by atoms with Gasteiger partial charge in [-0.1, -0.05) is 110 Å². The number of halogens is 1. The fourth-order valence-corrected chi connectivity index (χ4v) is 16.6. The van der Waals surface area contributed by atoms with Crippen molar-refractivity contribution in [2.45, 2.75) is 212 Å². The summed E-state index contributed by atoms with van der Waals surface area (Å²) in [7, 11) is 0. The Balaban J connectivity index is 0.000000195. The summed E-state index contributed by atoms with van der Waals surface area (Å²) in [5.74, 6) is 4.33. The summed E-state index contributed by atoms with van der Waals surface area (Å²) in [6.45, 7) is 0. The molecular weight excluding hydrogens is 1020 g/mol. The van der Waals surface area contributed by atoms with Crippen molar-refractivity contribution in [3.63, 3.8) is 0 Å². The summed E-state index contributed by atoms with van der Waals surface area (Å²) < 4.78 is 5.17. The van der Waals surface area contributed by atoms with Crippen LogP contribution in [0.4, 0.5) is 11.6 Å². The van der Waals surface area contributed by atoms with Gasteiger partial charge in [-0.15, -0.1) is 0 Å².